The van der Waals surface area contributed by atoms with Gasteiger partial charge in [0.1, 0.15) is 6.61 Å². The molecular formula is C59H102O5. The average molecular weight is 891 g/mol. The highest BCUT2D eigenvalue weighted by molar-refractivity contribution is 5.70. The fraction of sp³-hybridized carbons (Fsp3) is 0.729. The molecule has 0 aromatic carbocycles. The maximum atomic E-state index is 12.8. The van der Waals surface area contributed by atoms with Crippen LogP contribution in [0.2, 0.25) is 0 Å². The Balaban J connectivity index is 4.34. The zero-order valence-corrected chi connectivity index (χ0v) is 42.3. The molecule has 0 N–H and O–H groups in total. The van der Waals surface area contributed by atoms with E-state index < -0.39 is 6.10 Å². The molecule has 5 nitrogen and oxygen atoms in total. The second kappa shape index (κ2) is 54.4. The molecule has 0 saturated heterocycles. The van der Waals surface area contributed by atoms with Crippen LogP contribution in [0, 0.1) is 0 Å². The quantitative estimate of drug-likeness (QED) is 0.0346. The highest BCUT2D eigenvalue weighted by Crippen LogP contribution is 2.15. The monoisotopic (exact) mass is 891 g/mol. The van der Waals surface area contributed by atoms with Crippen molar-refractivity contribution in [1.29, 1.82) is 0 Å². The van der Waals surface area contributed by atoms with E-state index in [1.165, 1.54) is 109 Å². The van der Waals surface area contributed by atoms with Crippen LogP contribution in [0.3, 0.4) is 0 Å². The lowest BCUT2D eigenvalue weighted by atomic mass is 10.0. The maximum Gasteiger partial charge on any atom is 0.306 e. The molecule has 0 heterocycles. The molecule has 0 aromatic rings. The molecular weight excluding hydrogens is 789 g/mol. The Hall–Kier alpha value is -2.92. The summed E-state index contributed by atoms with van der Waals surface area (Å²) in [5.41, 5.74) is 0. The zero-order valence-electron chi connectivity index (χ0n) is 42.3. The minimum atomic E-state index is -0.559. The molecule has 368 valence electrons. The normalized spacial score (nSPS) is 12.9. The standard InChI is InChI=1S/C59H102O5/c1-4-7-10-13-16-19-22-25-28-30-32-34-37-40-43-46-49-52-58(60)63-56-57(55-62-54-51-48-45-42-39-36-33-29-26-23-20-17-14-11-8-5-2)64-59(61)53-50-47-44-41-38-35-31-27-24-21-18-15-12-9-6-3/h7-8,10-11,16-17,19-20,25-26,28-29,36,39,57H,4-6,9,12-15,18,21-24,27,30-35,37-38,40-56H2,1-3H3/b10-7-,11-8-,19-16-,20-17-,28-25-,29-26-,39-36-. The largest absolute Gasteiger partial charge is 0.462 e. The van der Waals surface area contributed by atoms with Crippen LogP contribution >= 0.6 is 0 Å². The van der Waals surface area contributed by atoms with Crippen LogP contribution in [0.1, 0.15) is 252 Å². The summed E-state index contributed by atoms with van der Waals surface area (Å²) < 4.78 is 17.4. The summed E-state index contributed by atoms with van der Waals surface area (Å²) in [4.78, 5) is 25.5. The van der Waals surface area contributed by atoms with Crippen LogP contribution in [-0.4, -0.2) is 37.9 Å². The van der Waals surface area contributed by atoms with E-state index >= 15 is 0 Å². The number of ether oxygens (including phenoxy) is 3. The third-order valence-corrected chi connectivity index (χ3v) is 11.4. The molecule has 0 bridgehead atoms. The number of rotatable bonds is 49. The summed E-state index contributed by atoms with van der Waals surface area (Å²) >= 11 is 0. The lowest BCUT2D eigenvalue weighted by molar-refractivity contribution is -0.163. The van der Waals surface area contributed by atoms with Gasteiger partial charge in [-0.1, -0.05) is 234 Å². The summed E-state index contributed by atoms with van der Waals surface area (Å²) in [5, 5.41) is 0. The van der Waals surface area contributed by atoms with Crippen molar-refractivity contribution >= 4 is 11.9 Å². The molecule has 0 rings (SSSR count). The molecule has 0 fully saturated rings. The molecule has 0 aliphatic heterocycles. The van der Waals surface area contributed by atoms with Crippen molar-refractivity contribution in [2.24, 2.45) is 0 Å². The van der Waals surface area contributed by atoms with Crippen LogP contribution in [0.15, 0.2) is 85.1 Å². The van der Waals surface area contributed by atoms with E-state index in [1.807, 2.05) is 0 Å². The number of carbonyl (C=O) groups excluding carboxylic acids is 2. The number of esters is 2. The summed E-state index contributed by atoms with van der Waals surface area (Å²) in [6.07, 6.45) is 71.7. The summed E-state index contributed by atoms with van der Waals surface area (Å²) in [7, 11) is 0. The molecule has 5 heteroatoms. The predicted octanol–water partition coefficient (Wildman–Crippen LogP) is 18.5. The summed E-state index contributed by atoms with van der Waals surface area (Å²) in [6, 6.07) is 0. The minimum absolute atomic E-state index is 0.0658. The Labute approximate surface area is 397 Å². The van der Waals surface area contributed by atoms with Gasteiger partial charge < -0.3 is 14.2 Å². The molecule has 0 spiro atoms. The van der Waals surface area contributed by atoms with E-state index in [-0.39, 0.29) is 25.2 Å². The van der Waals surface area contributed by atoms with Crippen molar-refractivity contribution in [3.8, 4) is 0 Å². The van der Waals surface area contributed by atoms with Gasteiger partial charge in [-0.05, 0) is 89.9 Å². The molecule has 1 atom stereocenters. The molecule has 64 heavy (non-hydrogen) atoms. The first-order chi connectivity index (χ1) is 31.6. The smallest absolute Gasteiger partial charge is 0.306 e. The maximum absolute atomic E-state index is 12.8. The van der Waals surface area contributed by atoms with Gasteiger partial charge in [-0.15, -0.1) is 0 Å². The van der Waals surface area contributed by atoms with E-state index in [9.17, 15) is 9.59 Å². The Bertz CT molecular complexity index is 1190. The molecule has 0 saturated carbocycles. The number of allylic oxidation sites excluding steroid dienone is 14. The van der Waals surface area contributed by atoms with Gasteiger partial charge in [-0.25, -0.2) is 0 Å². The fourth-order valence-electron chi connectivity index (χ4n) is 7.46. The predicted molar refractivity (Wildman–Crippen MR) is 279 cm³/mol. The third kappa shape index (κ3) is 51.7. The zero-order chi connectivity index (χ0) is 46.3. The first-order valence-electron chi connectivity index (χ1n) is 27.1. The van der Waals surface area contributed by atoms with E-state index in [0.29, 0.717) is 19.4 Å². The highest BCUT2D eigenvalue weighted by Gasteiger charge is 2.17. The molecule has 0 aliphatic rings. The first-order valence-corrected chi connectivity index (χ1v) is 27.1. The van der Waals surface area contributed by atoms with Gasteiger partial charge in [-0.3, -0.25) is 9.59 Å². The van der Waals surface area contributed by atoms with Crippen LogP contribution in [0.5, 0.6) is 0 Å². The topological polar surface area (TPSA) is 61.8 Å². The van der Waals surface area contributed by atoms with Gasteiger partial charge in [0.2, 0.25) is 0 Å². The molecule has 0 aliphatic carbocycles. The van der Waals surface area contributed by atoms with Crippen molar-refractivity contribution in [2.45, 2.75) is 258 Å². The van der Waals surface area contributed by atoms with Gasteiger partial charge in [0.05, 0.1) is 6.61 Å². The second-order valence-corrected chi connectivity index (χ2v) is 17.7. The van der Waals surface area contributed by atoms with E-state index in [4.69, 9.17) is 14.2 Å². The molecule has 1 unspecified atom stereocenters. The van der Waals surface area contributed by atoms with E-state index in [0.717, 1.165) is 109 Å². The Morgan fingerprint density at radius 2 is 0.703 bits per heavy atom. The molecule has 0 aromatic heterocycles. The van der Waals surface area contributed by atoms with Crippen molar-refractivity contribution in [2.75, 3.05) is 19.8 Å². The van der Waals surface area contributed by atoms with Crippen LogP contribution in [0.25, 0.3) is 0 Å². The van der Waals surface area contributed by atoms with Gasteiger partial charge in [0.25, 0.3) is 0 Å². The van der Waals surface area contributed by atoms with Crippen molar-refractivity contribution < 1.29 is 23.8 Å². The van der Waals surface area contributed by atoms with Crippen molar-refractivity contribution in [3.05, 3.63) is 85.1 Å². The first kappa shape index (κ1) is 61.1. The van der Waals surface area contributed by atoms with Crippen molar-refractivity contribution in [1.82, 2.24) is 0 Å². The van der Waals surface area contributed by atoms with Gasteiger partial charge in [0, 0.05) is 19.4 Å². The molecule has 0 radical (unpaired) electrons. The number of hydrogen-bond acceptors (Lipinski definition) is 5. The molecule has 0 amide bonds. The van der Waals surface area contributed by atoms with Crippen molar-refractivity contribution in [3.63, 3.8) is 0 Å². The van der Waals surface area contributed by atoms with E-state index in [1.54, 1.807) is 0 Å². The second-order valence-electron chi connectivity index (χ2n) is 17.7. The van der Waals surface area contributed by atoms with Gasteiger partial charge >= 0.3 is 11.9 Å². The van der Waals surface area contributed by atoms with Gasteiger partial charge in [0.15, 0.2) is 6.10 Å². The highest BCUT2D eigenvalue weighted by atomic mass is 16.6. The van der Waals surface area contributed by atoms with Crippen LogP contribution in [0.4, 0.5) is 0 Å². The number of unbranched alkanes of at least 4 members (excludes halogenated alkanes) is 24. The third-order valence-electron chi connectivity index (χ3n) is 11.4. The van der Waals surface area contributed by atoms with Gasteiger partial charge in [-0.2, -0.15) is 0 Å². The van der Waals surface area contributed by atoms with Crippen LogP contribution in [-0.2, 0) is 23.8 Å². The number of hydrogen-bond donors (Lipinski definition) is 0. The lowest BCUT2D eigenvalue weighted by Crippen LogP contribution is -2.30. The van der Waals surface area contributed by atoms with Crippen LogP contribution < -0.4 is 0 Å². The SMILES string of the molecule is CC/C=C\C/C=C\C/C=C\C/C=C\CCCCCOCC(COC(=O)CCCCCCCCC/C=C\C/C=C\C/C=C\CC)OC(=O)CCCCCCCCCCCCCCCCC. The average Bonchev–Trinajstić information content (AvgIpc) is 3.30. The lowest BCUT2D eigenvalue weighted by Gasteiger charge is -2.18. The minimum Gasteiger partial charge on any atom is -0.462 e. The summed E-state index contributed by atoms with van der Waals surface area (Å²) in [5.74, 6) is -0.421. The fourth-order valence-corrected chi connectivity index (χ4v) is 7.46. The number of carbonyl (C=O) groups is 2. The van der Waals surface area contributed by atoms with E-state index in [2.05, 4.69) is 106 Å². The Morgan fingerprint density at radius 1 is 0.359 bits per heavy atom. The Morgan fingerprint density at radius 3 is 1.12 bits per heavy atom. The Kier molecular flexibility index (Phi) is 51.9. The summed E-state index contributed by atoms with van der Waals surface area (Å²) in [6.45, 7) is 7.54.